The third kappa shape index (κ3) is 5.47. The highest BCUT2D eigenvalue weighted by molar-refractivity contribution is 5.30. The molecule has 2 heterocycles. The predicted molar refractivity (Wildman–Crippen MR) is 127 cm³/mol. The van der Waals surface area contributed by atoms with E-state index in [1.807, 2.05) is 74.5 Å². The number of benzene rings is 2. The number of hydrogen-bond donors (Lipinski definition) is 0. The van der Waals surface area contributed by atoms with Crippen molar-refractivity contribution in [3.05, 3.63) is 102 Å². The van der Waals surface area contributed by atoms with Crippen LogP contribution in [-0.2, 0) is 27.4 Å². The van der Waals surface area contributed by atoms with Crippen LogP contribution in [0.25, 0.3) is 0 Å². The summed E-state index contributed by atoms with van der Waals surface area (Å²) in [4.78, 5) is 4.38. The van der Waals surface area contributed by atoms with Crippen molar-refractivity contribution in [2.75, 3.05) is 6.61 Å². The Morgan fingerprint density at radius 2 is 1.56 bits per heavy atom. The van der Waals surface area contributed by atoms with Crippen LogP contribution in [0.4, 0.5) is 0 Å². The van der Waals surface area contributed by atoms with Gasteiger partial charge in [0.2, 0.25) is 5.88 Å². The number of fused-ring (bicyclic) bond motifs is 1. The third-order valence-electron chi connectivity index (χ3n) is 5.79. The summed E-state index contributed by atoms with van der Waals surface area (Å²) in [5.41, 5.74) is 3.25. The Bertz CT molecular complexity index is 1120. The molecule has 0 N–H and O–H groups in total. The molecule has 3 aromatic rings. The van der Waals surface area contributed by atoms with E-state index in [1.54, 1.807) is 12.3 Å². The highest BCUT2D eigenvalue weighted by Gasteiger charge is 2.51. The van der Waals surface area contributed by atoms with E-state index in [4.69, 9.17) is 23.7 Å². The fourth-order valence-electron chi connectivity index (χ4n) is 4.23. The van der Waals surface area contributed by atoms with Gasteiger partial charge >= 0.3 is 0 Å². The zero-order chi connectivity index (χ0) is 23.4. The van der Waals surface area contributed by atoms with Crippen molar-refractivity contribution in [2.45, 2.75) is 51.2 Å². The minimum Gasteiger partial charge on any atom is -0.489 e. The van der Waals surface area contributed by atoms with Gasteiger partial charge in [-0.25, -0.2) is 4.98 Å². The standard InChI is InChI=1S/C28H29NO5/c1-28(2)33-26-22(19-30-17-20-9-5-3-6-10-20)15-24(27(26)34-28)32-25-16-23(13-14-29-25)31-18-21-11-7-4-8-12-21/h3-16,24,26-27H,17-19H2,1-2H3/t24-,26-,27+/m1/s1. The van der Waals surface area contributed by atoms with Gasteiger partial charge in [-0.15, -0.1) is 0 Å². The maximum atomic E-state index is 6.24. The van der Waals surface area contributed by atoms with Crippen molar-refractivity contribution >= 4 is 0 Å². The maximum absolute atomic E-state index is 6.24. The number of hydrogen-bond acceptors (Lipinski definition) is 6. The van der Waals surface area contributed by atoms with E-state index in [9.17, 15) is 0 Å². The van der Waals surface area contributed by atoms with Gasteiger partial charge in [-0.3, -0.25) is 0 Å². The SMILES string of the molecule is CC1(C)O[C@@H]2[C@H](O1)C(COCc1ccccc1)=C[C@H]2Oc1cc(OCc2ccccc2)ccn1. The molecule has 2 aliphatic rings. The van der Waals surface area contributed by atoms with E-state index in [1.165, 1.54) is 0 Å². The predicted octanol–water partition coefficient (Wildman–Crippen LogP) is 5.08. The second-order valence-corrected chi connectivity index (χ2v) is 8.93. The van der Waals surface area contributed by atoms with Gasteiger partial charge in [-0.2, -0.15) is 0 Å². The number of aromatic nitrogens is 1. The average Bonchev–Trinajstić information content (AvgIpc) is 3.33. The zero-order valence-corrected chi connectivity index (χ0v) is 19.4. The van der Waals surface area contributed by atoms with Crippen molar-refractivity contribution in [3.8, 4) is 11.6 Å². The lowest BCUT2D eigenvalue weighted by Crippen LogP contribution is -2.34. The fourth-order valence-corrected chi connectivity index (χ4v) is 4.23. The molecule has 1 aromatic heterocycles. The molecule has 1 aliphatic carbocycles. The van der Waals surface area contributed by atoms with Crippen LogP contribution in [0.5, 0.6) is 11.6 Å². The highest BCUT2D eigenvalue weighted by atomic mass is 16.8. The lowest BCUT2D eigenvalue weighted by atomic mass is 10.1. The Morgan fingerprint density at radius 3 is 2.29 bits per heavy atom. The summed E-state index contributed by atoms with van der Waals surface area (Å²) >= 11 is 0. The van der Waals surface area contributed by atoms with Crippen LogP contribution in [0, 0.1) is 0 Å². The first-order valence-electron chi connectivity index (χ1n) is 11.5. The van der Waals surface area contributed by atoms with Gasteiger partial charge in [-0.05, 0) is 42.7 Å². The molecule has 0 unspecified atom stereocenters. The van der Waals surface area contributed by atoms with Crippen LogP contribution < -0.4 is 9.47 Å². The van der Waals surface area contributed by atoms with Crippen LogP contribution >= 0.6 is 0 Å². The van der Waals surface area contributed by atoms with Crippen LogP contribution in [0.1, 0.15) is 25.0 Å². The molecule has 34 heavy (non-hydrogen) atoms. The van der Waals surface area contributed by atoms with Crippen molar-refractivity contribution in [1.29, 1.82) is 0 Å². The van der Waals surface area contributed by atoms with Crippen LogP contribution in [0.15, 0.2) is 90.6 Å². The average molecular weight is 460 g/mol. The quantitative estimate of drug-likeness (QED) is 0.416. The molecule has 0 spiro atoms. The third-order valence-corrected chi connectivity index (χ3v) is 5.79. The Labute approximate surface area is 200 Å². The molecule has 0 amide bonds. The fraction of sp³-hybridized carbons (Fsp3) is 0.321. The van der Waals surface area contributed by atoms with E-state index in [0.717, 1.165) is 16.7 Å². The van der Waals surface area contributed by atoms with Crippen LogP contribution in [0.2, 0.25) is 0 Å². The maximum Gasteiger partial charge on any atom is 0.217 e. The van der Waals surface area contributed by atoms with Crippen molar-refractivity contribution in [1.82, 2.24) is 4.98 Å². The van der Waals surface area contributed by atoms with Gasteiger partial charge in [0, 0.05) is 12.3 Å². The molecule has 5 rings (SSSR count). The Kier molecular flexibility index (Phi) is 6.63. The molecule has 6 heteroatoms. The molecule has 6 nitrogen and oxygen atoms in total. The summed E-state index contributed by atoms with van der Waals surface area (Å²) in [6, 6.07) is 23.8. The number of pyridine rings is 1. The largest absolute Gasteiger partial charge is 0.489 e. The molecule has 1 saturated heterocycles. The second kappa shape index (κ2) is 9.97. The van der Waals surface area contributed by atoms with Crippen LogP contribution in [-0.4, -0.2) is 35.7 Å². The molecule has 1 fully saturated rings. The summed E-state index contributed by atoms with van der Waals surface area (Å²) in [6.07, 6.45) is 2.91. The molecule has 0 bridgehead atoms. The Balaban J connectivity index is 1.24. The Hall–Kier alpha value is -3.19. The minimum absolute atomic E-state index is 0.215. The van der Waals surface area contributed by atoms with Gasteiger partial charge in [0.15, 0.2) is 5.79 Å². The van der Waals surface area contributed by atoms with Gasteiger partial charge in [-0.1, -0.05) is 60.7 Å². The van der Waals surface area contributed by atoms with Crippen molar-refractivity contribution in [3.63, 3.8) is 0 Å². The number of rotatable bonds is 9. The summed E-state index contributed by atoms with van der Waals surface area (Å²) in [7, 11) is 0. The lowest BCUT2D eigenvalue weighted by Gasteiger charge is -2.21. The summed E-state index contributed by atoms with van der Waals surface area (Å²) in [5, 5.41) is 0. The molecule has 0 radical (unpaired) electrons. The molecule has 3 atom stereocenters. The highest BCUT2D eigenvalue weighted by Crippen LogP contribution is 2.40. The van der Waals surface area contributed by atoms with Crippen molar-refractivity contribution < 1.29 is 23.7 Å². The monoisotopic (exact) mass is 459 g/mol. The lowest BCUT2D eigenvalue weighted by molar-refractivity contribution is -0.152. The molecule has 2 aromatic carbocycles. The van der Waals surface area contributed by atoms with Gasteiger partial charge in [0.25, 0.3) is 0 Å². The smallest absolute Gasteiger partial charge is 0.217 e. The summed E-state index contributed by atoms with van der Waals surface area (Å²) in [5.74, 6) is 0.484. The first-order valence-corrected chi connectivity index (χ1v) is 11.5. The van der Waals surface area contributed by atoms with E-state index in [-0.39, 0.29) is 18.3 Å². The van der Waals surface area contributed by atoms with E-state index in [0.29, 0.717) is 31.5 Å². The topological polar surface area (TPSA) is 59.0 Å². The number of ether oxygens (including phenoxy) is 5. The summed E-state index contributed by atoms with van der Waals surface area (Å²) in [6.45, 7) is 5.30. The van der Waals surface area contributed by atoms with E-state index in [2.05, 4.69) is 17.1 Å². The molecule has 176 valence electrons. The zero-order valence-electron chi connectivity index (χ0n) is 19.4. The molecule has 0 saturated carbocycles. The van der Waals surface area contributed by atoms with Crippen LogP contribution in [0.3, 0.4) is 0 Å². The van der Waals surface area contributed by atoms with Crippen molar-refractivity contribution in [2.24, 2.45) is 0 Å². The Morgan fingerprint density at radius 1 is 0.853 bits per heavy atom. The van der Waals surface area contributed by atoms with E-state index >= 15 is 0 Å². The first kappa shape index (κ1) is 22.6. The number of nitrogens with zero attached hydrogens (tertiary/aromatic N) is 1. The second-order valence-electron chi connectivity index (χ2n) is 8.93. The van der Waals surface area contributed by atoms with Gasteiger partial charge < -0.3 is 23.7 Å². The van der Waals surface area contributed by atoms with E-state index < -0.39 is 5.79 Å². The van der Waals surface area contributed by atoms with Gasteiger partial charge in [0.05, 0.1) is 13.2 Å². The molecule has 1 aliphatic heterocycles. The molecular formula is C28H29NO5. The molecular weight excluding hydrogens is 430 g/mol. The van der Waals surface area contributed by atoms with Gasteiger partial charge in [0.1, 0.15) is 30.7 Å². The normalized spacial score (nSPS) is 22.8. The summed E-state index contributed by atoms with van der Waals surface area (Å²) < 4.78 is 30.5. The first-order chi connectivity index (χ1) is 16.6. The minimum atomic E-state index is -0.691.